The molecular weight excluding hydrogens is 326 g/mol. The van der Waals surface area contributed by atoms with Crippen LogP contribution in [0.15, 0.2) is 18.2 Å². The highest BCUT2D eigenvalue weighted by Gasteiger charge is 2.17. The Morgan fingerprint density at radius 3 is 2.63 bits per heavy atom. The van der Waals surface area contributed by atoms with Crippen LogP contribution < -0.4 is 5.32 Å². The Morgan fingerprint density at radius 2 is 2.05 bits per heavy atom. The fourth-order valence-electron chi connectivity index (χ4n) is 1.87. The Hall–Kier alpha value is -0.540. The minimum atomic E-state index is -0.0710. The Kier molecular flexibility index (Phi) is 5.87. The summed E-state index contributed by atoms with van der Waals surface area (Å²) < 4.78 is 0. The molecule has 2 nitrogen and oxygen atoms in total. The van der Waals surface area contributed by atoms with Crippen LogP contribution >= 0.6 is 27.5 Å². The van der Waals surface area contributed by atoms with E-state index >= 15 is 0 Å². The first-order valence-corrected chi connectivity index (χ1v) is 7.67. The number of halogens is 2. The second-order valence-electron chi connectivity index (χ2n) is 6.03. The van der Waals surface area contributed by atoms with Gasteiger partial charge in [-0.1, -0.05) is 54.4 Å². The molecule has 0 radical (unpaired) electrons. The number of carbonyl (C=O) groups excluding carboxylic acids is 1. The third kappa shape index (κ3) is 5.96. The highest BCUT2D eigenvalue weighted by Crippen LogP contribution is 2.24. The van der Waals surface area contributed by atoms with Gasteiger partial charge in [-0.15, -0.1) is 0 Å². The quantitative estimate of drug-likeness (QED) is 0.794. The molecular formula is C15H21BrClNO. The van der Waals surface area contributed by atoms with Gasteiger partial charge in [-0.25, -0.2) is 0 Å². The summed E-state index contributed by atoms with van der Waals surface area (Å²) in [6.45, 7) is 9.08. The molecule has 0 bridgehead atoms. The van der Waals surface area contributed by atoms with Gasteiger partial charge in [-0.2, -0.15) is 0 Å². The zero-order chi connectivity index (χ0) is 14.6. The highest BCUT2D eigenvalue weighted by molar-refractivity contribution is 9.09. The van der Waals surface area contributed by atoms with E-state index in [0.29, 0.717) is 17.1 Å². The molecule has 0 saturated carbocycles. The topological polar surface area (TPSA) is 29.1 Å². The van der Waals surface area contributed by atoms with Crippen molar-refractivity contribution in [2.45, 2.75) is 38.9 Å². The standard InChI is InChI=1S/C15H21BrClNO/c1-10-5-6-12(17)7-13(10)14(19)18-9-11(16)8-15(2,3)4/h5-7,11H,8-9H2,1-4H3,(H,18,19). The molecule has 0 aliphatic rings. The molecule has 1 aromatic carbocycles. The van der Waals surface area contributed by atoms with E-state index < -0.39 is 0 Å². The Morgan fingerprint density at radius 1 is 1.42 bits per heavy atom. The molecule has 1 rings (SSSR count). The van der Waals surface area contributed by atoms with Crippen molar-refractivity contribution in [3.8, 4) is 0 Å². The second-order valence-corrected chi connectivity index (χ2v) is 7.76. The summed E-state index contributed by atoms with van der Waals surface area (Å²) in [7, 11) is 0. The van der Waals surface area contributed by atoms with Crippen LogP contribution in [0.2, 0.25) is 5.02 Å². The molecule has 1 amide bonds. The molecule has 0 aliphatic carbocycles. The summed E-state index contributed by atoms with van der Waals surface area (Å²) in [6.07, 6.45) is 1.00. The van der Waals surface area contributed by atoms with E-state index in [1.807, 2.05) is 13.0 Å². The summed E-state index contributed by atoms with van der Waals surface area (Å²) in [4.78, 5) is 12.4. The molecule has 1 atom stereocenters. The number of nitrogens with one attached hydrogen (secondary N) is 1. The lowest BCUT2D eigenvalue weighted by atomic mass is 9.90. The van der Waals surface area contributed by atoms with Gasteiger partial charge in [-0.05, 0) is 36.5 Å². The Labute approximate surface area is 129 Å². The summed E-state index contributed by atoms with van der Waals surface area (Å²) in [6, 6.07) is 5.36. The van der Waals surface area contributed by atoms with Crippen molar-refractivity contribution in [3.63, 3.8) is 0 Å². The minimum Gasteiger partial charge on any atom is -0.351 e. The van der Waals surface area contributed by atoms with Crippen LogP contribution in [0.5, 0.6) is 0 Å². The zero-order valence-electron chi connectivity index (χ0n) is 11.9. The fourth-order valence-corrected chi connectivity index (χ4v) is 3.18. The van der Waals surface area contributed by atoms with Crippen LogP contribution in [0.3, 0.4) is 0 Å². The van der Waals surface area contributed by atoms with Gasteiger partial charge in [0, 0.05) is 22.0 Å². The maximum Gasteiger partial charge on any atom is 0.251 e. The molecule has 106 valence electrons. The summed E-state index contributed by atoms with van der Waals surface area (Å²) >= 11 is 9.53. The van der Waals surface area contributed by atoms with Crippen LogP contribution in [0, 0.1) is 12.3 Å². The molecule has 0 aromatic heterocycles. The molecule has 1 N–H and O–H groups in total. The molecule has 0 aliphatic heterocycles. The van der Waals surface area contributed by atoms with Crippen molar-refractivity contribution >= 4 is 33.4 Å². The van der Waals surface area contributed by atoms with E-state index in [1.54, 1.807) is 12.1 Å². The molecule has 0 fully saturated rings. The lowest BCUT2D eigenvalue weighted by Crippen LogP contribution is -2.31. The lowest BCUT2D eigenvalue weighted by Gasteiger charge is -2.22. The van der Waals surface area contributed by atoms with E-state index in [-0.39, 0.29) is 16.1 Å². The van der Waals surface area contributed by atoms with Crippen molar-refractivity contribution in [3.05, 3.63) is 34.3 Å². The van der Waals surface area contributed by atoms with Crippen molar-refractivity contribution in [2.24, 2.45) is 5.41 Å². The van der Waals surface area contributed by atoms with Gasteiger partial charge in [0.1, 0.15) is 0 Å². The molecule has 1 aromatic rings. The highest BCUT2D eigenvalue weighted by atomic mass is 79.9. The van der Waals surface area contributed by atoms with Gasteiger partial charge in [0.15, 0.2) is 0 Å². The number of benzene rings is 1. The number of alkyl halides is 1. The van der Waals surface area contributed by atoms with E-state index in [1.165, 1.54) is 0 Å². The Bertz CT molecular complexity index is 454. The van der Waals surface area contributed by atoms with E-state index in [9.17, 15) is 4.79 Å². The molecule has 0 spiro atoms. The Balaban J connectivity index is 2.58. The van der Waals surface area contributed by atoms with Crippen molar-refractivity contribution in [1.82, 2.24) is 5.32 Å². The third-order valence-electron chi connectivity index (χ3n) is 2.76. The molecule has 1 unspecified atom stereocenters. The number of hydrogen-bond donors (Lipinski definition) is 1. The van der Waals surface area contributed by atoms with Gasteiger partial charge < -0.3 is 5.32 Å². The SMILES string of the molecule is Cc1ccc(Cl)cc1C(=O)NCC(Br)CC(C)(C)C. The first-order chi connectivity index (χ1) is 8.69. The first kappa shape index (κ1) is 16.5. The molecule has 0 heterocycles. The van der Waals surface area contributed by atoms with Crippen LogP contribution in [-0.2, 0) is 0 Å². The summed E-state index contributed by atoms with van der Waals surface area (Å²) in [5.74, 6) is -0.0710. The van der Waals surface area contributed by atoms with E-state index in [4.69, 9.17) is 11.6 Å². The number of carbonyl (C=O) groups is 1. The predicted molar refractivity (Wildman–Crippen MR) is 85.3 cm³/mol. The summed E-state index contributed by atoms with van der Waals surface area (Å²) in [5.41, 5.74) is 1.82. The maximum absolute atomic E-state index is 12.1. The van der Waals surface area contributed by atoms with Crippen molar-refractivity contribution in [2.75, 3.05) is 6.54 Å². The van der Waals surface area contributed by atoms with Gasteiger partial charge >= 0.3 is 0 Å². The minimum absolute atomic E-state index is 0.0710. The molecule has 19 heavy (non-hydrogen) atoms. The third-order valence-corrected chi connectivity index (χ3v) is 3.64. The van der Waals surface area contributed by atoms with Gasteiger partial charge in [0.25, 0.3) is 5.91 Å². The van der Waals surface area contributed by atoms with Crippen LogP contribution in [0.25, 0.3) is 0 Å². The normalized spacial score (nSPS) is 13.2. The summed E-state index contributed by atoms with van der Waals surface area (Å²) in [5, 5.41) is 3.53. The van der Waals surface area contributed by atoms with Crippen molar-refractivity contribution < 1.29 is 4.79 Å². The fraction of sp³-hybridized carbons (Fsp3) is 0.533. The number of amides is 1. The average molecular weight is 347 g/mol. The predicted octanol–water partition coefficient (Wildman–Crippen LogP) is 4.58. The molecule has 4 heteroatoms. The van der Waals surface area contributed by atoms with Gasteiger partial charge in [-0.3, -0.25) is 4.79 Å². The second kappa shape index (κ2) is 6.76. The lowest BCUT2D eigenvalue weighted by molar-refractivity contribution is 0.0952. The van der Waals surface area contributed by atoms with E-state index in [0.717, 1.165) is 12.0 Å². The van der Waals surface area contributed by atoms with Crippen LogP contribution in [-0.4, -0.2) is 17.3 Å². The maximum atomic E-state index is 12.1. The average Bonchev–Trinajstić information content (AvgIpc) is 2.27. The van der Waals surface area contributed by atoms with Gasteiger partial charge in [0.05, 0.1) is 0 Å². The zero-order valence-corrected chi connectivity index (χ0v) is 14.2. The van der Waals surface area contributed by atoms with Crippen LogP contribution in [0.1, 0.15) is 43.1 Å². The smallest absolute Gasteiger partial charge is 0.251 e. The van der Waals surface area contributed by atoms with Crippen LogP contribution in [0.4, 0.5) is 0 Å². The molecule has 0 saturated heterocycles. The number of aryl methyl sites for hydroxylation is 1. The number of hydrogen-bond acceptors (Lipinski definition) is 1. The monoisotopic (exact) mass is 345 g/mol. The number of rotatable bonds is 4. The first-order valence-electron chi connectivity index (χ1n) is 6.37. The largest absolute Gasteiger partial charge is 0.351 e. The van der Waals surface area contributed by atoms with Gasteiger partial charge in [0.2, 0.25) is 0 Å². The van der Waals surface area contributed by atoms with Crippen molar-refractivity contribution in [1.29, 1.82) is 0 Å². The van der Waals surface area contributed by atoms with E-state index in [2.05, 4.69) is 42.0 Å².